The zero-order valence-electron chi connectivity index (χ0n) is 14.9. The molecule has 138 valence electrons. The van der Waals surface area contributed by atoms with Crippen molar-refractivity contribution in [3.05, 3.63) is 63.2 Å². The van der Waals surface area contributed by atoms with Crippen LogP contribution >= 0.6 is 11.3 Å². The summed E-state index contributed by atoms with van der Waals surface area (Å²) in [5, 5.41) is 0. The van der Waals surface area contributed by atoms with Gasteiger partial charge in [-0.25, -0.2) is 14.4 Å². The summed E-state index contributed by atoms with van der Waals surface area (Å²) in [6.45, 7) is 0. The van der Waals surface area contributed by atoms with Crippen molar-refractivity contribution in [2.75, 3.05) is 5.73 Å². The zero-order chi connectivity index (χ0) is 18.8. The molecular weight excluding hydrogens is 361 g/mol. The van der Waals surface area contributed by atoms with E-state index in [0.717, 1.165) is 17.7 Å². The van der Waals surface area contributed by atoms with E-state index in [1.807, 2.05) is 6.07 Å². The SMILES string of the molecule is Nc1nccc(-c2ccc(CCC(=O)c3cc4c(s3)CCCC4)c(F)c2)n1. The minimum absolute atomic E-state index is 0.0986. The normalized spacial score (nSPS) is 13.4. The van der Waals surface area contributed by atoms with E-state index in [0.29, 0.717) is 29.7 Å². The number of aromatic nitrogens is 2. The Morgan fingerprint density at radius 2 is 2.04 bits per heavy atom. The number of thiophene rings is 1. The molecule has 2 heterocycles. The Balaban J connectivity index is 1.45. The molecule has 4 rings (SSSR count). The Kier molecular flexibility index (Phi) is 4.99. The molecule has 0 saturated heterocycles. The number of halogens is 1. The van der Waals surface area contributed by atoms with E-state index in [1.54, 1.807) is 35.7 Å². The summed E-state index contributed by atoms with van der Waals surface area (Å²) in [7, 11) is 0. The number of Topliss-reactive ketones (excluding diaryl/α,β-unsaturated/α-hetero) is 1. The Bertz CT molecular complexity index is 975. The number of hydrogen-bond donors (Lipinski definition) is 1. The van der Waals surface area contributed by atoms with Crippen molar-refractivity contribution in [3.8, 4) is 11.3 Å². The summed E-state index contributed by atoms with van der Waals surface area (Å²) in [5.41, 5.74) is 8.67. The number of ketones is 1. The van der Waals surface area contributed by atoms with Gasteiger partial charge < -0.3 is 5.73 Å². The fourth-order valence-electron chi connectivity index (χ4n) is 3.44. The molecule has 0 aliphatic heterocycles. The van der Waals surface area contributed by atoms with E-state index in [4.69, 9.17) is 5.73 Å². The first kappa shape index (κ1) is 17.8. The fraction of sp³-hybridized carbons (Fsp3) is 0.286. The van der Waals surface area contributed by atoms with E-state index < -0.39 is 0 Å². The number of carbonyl (C=O) groups excluding carboxylic acids is 1. The third-order valence-electron chi connectivity index (χ3n) is 4.92. The lowest BCUT2D eigenvalue weighted by molar-refractivity contribution is 0.0986. The van der Waals surface area contributed by atoms with Crippen molar-refractivity contribution in [2.24, 2.45) is 0 Å². The number of anilines is 1. The highest BCUT2D eigenvalue weighted by Gasteiger charge is 2.17. The van der Waals surface area contributed by atoms with Crippen LogP contribution in [0.1, 0.15) is 44.9 Å². The van der Waals surface area contributed by atoms with Crippen molar-refractivity contribution in [2.45, 2.75) is 38.5 Å². The molecule has 6 heteroatoms. The maximum absolute atomic E-state index is 14.5. The maximum atomic E-state index is 14.5. The van der Waals surface area contributed by atoms with Gasteiger partial charge in [-0.1, -0.05) is 12.1 Å². The summed E-state index contributed by atoms with van der Waals surface area (Å²) >= 11 is 1.61. The second-order valence-electron chi connectivity index (χ2n) is 6.80. The topological polar surface area (TPSA) is 68.9 Å². The molecule has 3 aromatic rings. The summed E-state index contributed by atoms with van der Waals surface area (Å²) in [6, 6.07) is 8.68. The molecule has 0 amide bonds. The second kappa shape index (κ2) is 7.56. The molecule has 2 aromatic heterocycles. The molecule has 0 radical (unpaired) electrons. The first-order chi connectivity index (χ1) is 13.1. The van der Waals surface area contributed by atoms with Gasteiger partial charge in [-0.15, -0.1) is 11.3 Å². The Morgan fingerprint density at radius 3 is 2.81 bits per heavy atom. The molecule has 0 spiro atoms. The predicted molar refractivity (Wildman–Crippen MR) is 105 cm³/mol. The second-order valence-corrected chi connectivity index (χ2v) is 7.93. The molecule has 0 atom stereocenters. The van der Waals surface area contributed by atoms with E-state index in [1.165, 1.54) is 29.3 Å². The molecule has 0 bridgehead atoms. The van der Waals surface area contributed by atoms with Crippen molar-refractivity contribution >= 4 is 23.1 Å². The lowest BCUT2D eigenvalue weighted by Gasteiger charge is -2.08. The highest BCUT2D eigenvalue weighted by molar-refractivity contribution is 7.14. The average Bonchev–Trinajstić information content (AvgIpc) is 3.11. The number of nitrogens with two attached hydrogens (primary N) is 1. The quantitative estimate of drug-likeness (QED) is 0.655. The summed E-state index contributed by atoms with van der Waals surface area (Å²) in [5.74, 6) is -0.0781. The van der Waals surface area contributed by atoms with Crippen molar-refractivity contribution in [1.29, 1.82) is 0 Å². The number of nitrogens with zero attached hydrogens (tertiary/aromatic N) is 2. The van der Waals surface area contributed by atoms with Gasteiger partial charge in [-0.2, -0.15) is 0 Å². The molecule has 0 unspecified atom stereocenters. The summed E-state index contributed by atoms with van der Waals surface area (Å²) in [6.07, 6.45) is 6.81. The standard InChI is InChI=1S/C21H20FN3OS/c22-16-11-14(17-9-10-24-21(23)25-17)6-5-13(16)7-8-18(26)20-12-15-3-1-2-4-19(15)27-20/h5-6,9-12H,1-4,7-8H2,(H2,23,24,25). The number of rotatable bonds is 5. The molecule has 4 nitrogen and oxygen atoms in total. The van der Waals surface area contributed by atoms with E-state index in [2.05, 4.69) is 9.97 Å². The van der Waals surface area contributed by atoms with Gasteiger partial charge in [0.1, 0.15) is 5.82 Å². The van der Waals surface area contributed by atoms with Gasteiger partial charge in [0.2, 0.25) is 5.95 Å². The Hall–Kier alpha value is -2.60. The van der Waals surface area contributed by atoms with Crippen LogP contribution < -0.4 is 5.73 Å². The molecular formula is C21H20FN3OS. The van der Waals surface area contributed by atoms with Crippen LogP contribution in [0.2, 0.25) is 0 Å². The van der Waals surface area contributed by atoms with Crippen LogP contribution in [-0.2, 0) is 19.3 Å². The molecule has 27 heavy (non-hydrogen) atoms. The molecule has 2 N–H and O–H groups in total. The first-order valence-electron chi connectivity index (χ1n) is 9.12. The molecule has 0 fully saturated rings. The number of hydrogen-bond acceptors (Lipinski definition) is 5. The minimum Gasteiger partial charge on any atom is -0.368 e. The highest BCUT2D eigenvalue weighted by atomic mass is 32.1. The van der Waals surface area contributed by atoms with Gasteiger partial charge in [0.15, 0.2) is 5.78 Å². The van der Waals surface area contributed by atoms with Gasteiger partial charge in [0.05, 0.1) is 10.6 Å². The number of aryl methyl sites for hydroxylation is 3. The van der Waals surface area contributed by atoms with Crippen LogP contribution in [0.3, 0.4) is 0 Å². The number of fused-ring (bicyclic) bond motifs is 1. The lowest BCUT2D eigenvalue weighted by atomic mass is 9.98. The van der Waals surface area contributed by atoms with E-state index >= 15 is 0 Å². The van der Waals surface area contributed by atoms with Crippen molar-refractivity contribution in [3.63, 3.8) is 0 Å². The first-order valence-corrected chi connectivity index (χ1v) is 9.94. The smallest absolute Gasteiger partial charge is 0.220 e. The minimum atomic E-state index is -0.331. The van der Waals surface area contributed by atoms with Crippen LogP contribution in [0.15, 0.2) is 36.5 Å². The highest BCUT2D eigenvalue weighted by Crippen LogP contribution is 2.30. The number of benzene rings is 1. The Morgan fingerprint density at radius 1 is 1.19 bits per heavy atom. The third kappa shape index (κ3) is 3.90. The Labute approximate surface area is 161 Å². The summed E-state index contributed by atoms with van der Waals surface area (Å²) in [4.78, 5) is 22.6. The predicted octanol–water partition coefficient (Wildman–Crippen LogP) is 4.62. The monoisotopic (exact) mass is 381 g/mol. The average molecular weight is 381 g/mol. The van der Waals surface area contributed by atoms with Crippen molar-refractivity contribution < 1.29 is 9.18 Å². The van der Waals surface area contributed by atoms with Crippen LogP contribution in [-0.4, -0.2) is 15.8 Å². The molecule has 0 saturated carbocycles. The third-order valence-corrected chi connectivity index (χ3v) is 6.19. The van der Waals surface area contributed by atoms with E-state index in [-0.39, 0.29) is 17.5 Å². The molecule has 1 aromatic carbocycles. The van der Waals surface area contributed by atoms with Gasteiger partial charge in [0.25, 0.3) is 0 Å². The van der Waals surface area contributed by atoms with Crippen LogP contribution in [0, 0.1) is 5.82 Å². The number of carbonyl (C=O) groups is 1. The van der Waals surface area contributed by atoms with Crippen LogP contribution in [0.5, 0.6) is 0 Å². The van der Waals surface area contributed by atoms with Crippen LogP contribution in [0.4, 0.5) is 10.3 Å². The van der Waals surface area contributed by atoms with E-state index in [9.17, 15) is 9.18 Å². The maximum Gasteiger partial charge on any atom is 0.220 e. The van der Waals surface area contributed by atoms with Gasteiger partial charge in [-0.3, -0.25) is 4.79 Å². The molecule has 1 aliphatic rings. The lowest BCUT2D eigenvalue weighted by Crippen LogP contribution is -2.01. The largest absolute Gasteiger partial charge is 0.368 e. The van der Waals surface area contributed by atoms with Gasteiger partial charge in [-0.05, 0) is 61.4 Å². The van der Waals surface area contributed by atoms with Crippen LogP contribution in [0.25, 0.3) is 11.3 Å². The van der Waals surface area contributed by atoms with Crippen molar-refractivity contribution in [1.82, 2.24) is 9.97 Å². The number of nitrogen functional groups attached to an aromatic ring is 1. The van der Waals surface area contributed by atoms with Gasteiger partial charge in [0, 0.05) is 23.1 Å². The summed E-state index contributed by atoms with van der Waals surface area (Å²) < 4.78 is 14.5. The molecule has 1 aliphatic carbocycles. The zero-order valence-corrected chi connectivity index (χ0v) is 15.7. The fourth-order valence-corrected chi connectivity index (χ4v) is 4.66. The van der Waals surface area contributed by atoms with Gasteiger partial charge >= 0.3 is 0 Å².